The number of carbonyl (C=O) groups excluding carboxylic acids is 4. The molecule has 0 unspecified atom stereocenters. The number of esters is 1. The van der Waals surface area contributed by atoms with Gasteiger partial charge in [0.25, 0.3) is 17.7 Å². The van der Waals surface area contributed by atoms with E-state index in [0.717, 1.165) is 29.7 Å². The monoisotopic (exact) mass is 487 g/mol. The zero-order valence-corrected chi connectivity index (χ0v) is 20.3. The third kappa shape index (κ3) is 5.93. The predicted molar refractivity (Wildman–Crippen MR) is 128 cm³/mol. The minimum atomic E-state index is -0.946. The van der Waals surface area contributed by atoms with Crippen molar-refractivity contribution in [2.24, 2.45) is 11.7 Å². The van der Waals surface area contributed by atoms with Crippen molar-refractivity contribution < 1.29 is 28.7 Å². The molecule has 1 aromatic carbocycles. The lowest BCUT2D eigenvalue weighted by Crippen LogP contribution is -2.45. The van der Waals surface area contributed by atoms with Crippen molar-refractivity contribution in [3.8, 4) is 5.75 Å². The second kappa shape index (κ2) is 11.1. The fourth-order valence-corrected chi connectivity index (χ4v) is 5.04. The number of carbonyl (C=O) groups is 4. The zero-order valence-electron chi connectivity index (χ0n) is 19.4. The van der Waals surface area contributed by atoms with E-state index in [9.17, 15) is 19.2 Å². The van der Waals surface area contributed by atoms with Crippen LogP contribution < -0.4 is 21.1 Å². The topological polar surface area (TPSA) is 137 Å². The number of ether oxygens (including phenoxy) is 2. The number of anilines is 1. The second-order valence-corrected chi connectivity index (χ2v) is 9.34. The van der Waals surface area contributed by atoms with E-state index in [-0.39, 0.29) is 5.92 Å². The van der Waals surface area contributed by atoms with Gasteiger partial charge >= 0.3 is 5.97 Å². The molecule has 4 N–H and O–H groups in total. The van der Waals surface area contributed by atoms with Crippen LogP contribution in [0.4, 0.5) is 5.00 Å². The Morgan fingerprint density at radius 3 is 2.44 bits per heavy atom. The summed E-state index contributed by atoms with van der Waals surface area (Å²) < 4.78 is 10.5. The molecular weight excluding hydrogens is 458 g/mol. The second-order valence-electron chi connectivity index (χ2n) is 8.23. The minimum Gasteiger partial charge on any atom is -0.494 e. The Labute approximate surface area is 202 Å². The van der Waals surface area contributed by atoms with Gasteiger partial charge in [0.05, 0.1) is 12.2 Å². The van der Waals surface area contributed by atoms with Crippen molar-refractivity contribution in [3.05, 3.63) is 45.8 Å². The van der Waals surface area contributed by atoms with Gasteiger partial charge in [0, 0.05) is 10.4 Å². The number of hydrogen-bond acceptors (Lipinski definition) is 7. The van der Waals surface area contributed by atoms with Gasteiger partial charge in [-0.1, -0.05) is 13.8 Å². The number of nitrogens with two attached hydrogens (primary N) is 1. The van der Waals surface area contributed by atoms with Gasteiger partial charge in [0.2, 0.25) is 0 Å². The molecule has 0 spiro atoms. The number of aryl methyl sites for hydroxylation is 1. The van der Waals surface area contributed by atoms with Crippen LogP contribution in [0.15, 0.2) is 24.3 Å². The minimum absolute atomic E-state index is 0.274. The highest BCUT2D eigenvalue weighted by Gasteiger charge is 2.28. The first-order valence-corrected chi connectivity index (χ1v) is 12.0. The third-order valence-electron chi connectivity index (χ3n) is 5.40. The van der Waals surface area contributed by atoms with Crippen LogP contribution in [0.5, 0.6) is 5.75 Å². The van der Waals surface area contributed by atoms with Crippen LogP contribution in [-0.4, -0.2) is 42.9 Å². The van der Waals surface area contributed by atoms with Crippen LogP contribution in [-0.2, 0) is 27.2 Å². The quantitative estimate of drug-likeness (QED) is 0.441. The van der Waals surface area contributed by atoms with Crippen molar-refractivity contribution in [1.82, 2.24) is 5.32 Å². The molecule has 1 aromatic heterocycles. The molecule has 0 aliphatic heterocycles. The van der Waals surface area contributed by atoms with Gasteiger partial charge in [-0.05, 0) is 61.9 Å². The van der Waals surface area contributed by atoms with Gasteiger partial charge in [-0.15, -0.1) is 11.3 Å². The standard InChI is InChI=1S/C24H29N3O6S/c1-4-32-15-10-8-14(9-11-15)22(30)27-20(13(2)3)24(31)33-12-18(28)26-23-19(21(25)29)16-6-5-7-17(16)34-23/h8-11,13,20H,4-7,12H2,1-3H3,(H2,25,29)(H,26,28)(H,27,30)/t20-/m0/s1. The van der Waals surface area contributed by atoms with Crippen molar-refractivity contribution in [1.29, 1.82) is 0 Å². The van der Waals surface area contributed by atoms with Crippen molar-refractivity contribution in [3.63, 3.8) is 0 Å². The van der Waals surface area contributed by atoms with Gasteiger partial charge < -0.3 is 25.8 Å². The van der Waals surface area contributed by atoms with Crippen LogP contribution >= 0.6 is 11.3 Å². The lowest BCUT2D eigenvalue weighted by molar-refractivity contribution is -0.150. The number of benzene rings is 1. The maximum Gasteiger partial charge on any atom is 0.329 e. The summed E-state index contributed by atoms with van der Waals surface area (Å²) in [5.41, 5.74) is 7.09. The summed E-state index contributed by atoms with van der Waals surface area (Å²) in [4.78, 5) is 50.5. The van der Waals surface area contributed by atoms with E-state index in [0.29, 0.717) is 28.5 Å². The van der Waals surface area contributed by atoms with E-state index in [4.69, 9.17) is 15.2 Å². The van der Waals surface area contributed by atoms with E-state index >= 15 is 0 Å². The molecule has 0 radical (unpaired) electrons. The van der Waals surface area contributed by atoms with Crippen molar-refractivity contribution >= 4 is 40.0 Å². The molecule has 0 fully saturated rings. The first-order valence-electron chi connectivity index (χ1n) is 11.2. The third-order valence-corrected chi connectivity index (χ3v) is 6.61. The fourth-order valence-electron chi connectivity index (χ4n) is 3.73. The number of fused-ring (bicyclic) bond motifs is 1. The largest absolute Gasteiger partial charge is 0.494 e. The molecule has 1 heterocycles. The van der Waals surface area contributed by atoms with E-state index in [1.54, 1.807) is 38.1 Å². The first kappa shape index (κ1) is 25.2. The summed E-state index contributed by atoms with van der Waals surface area (Å²) in [6, 6.07) is 5.60. The lowest BCUT2D eigenvalue weighted by atomic mass is 10.0. The van der Waals surface area contributed by atoms with Crippen molar-refractivity contribution in [2.45, 2.75) is 46.1 Å². The molecule has 1 atom stereocenters. The van der Waals surface area contributed by atoms with Crippen LogP contribution in [0.3, 0.4) is 0 Å². The highest BCUT2D eigenvalue weighted by molar-refractivity contribution is 7.17. The number of amides is 3. The SMILES string of the molecule is CCOc1ccc(C(=O)N[C@H](C(=O)OCC(=O)Nc2sc3c(c2C(N)=O)CCC3)C(C)C)cc1. The van der Waals surface area contributed by atoms with E-state index in [1.165, 1.54) is 11.3 Å². The number of nitrogens with one attached hydrogen (secondary N) is 2. The molecule has 0 bridgehead atoms. The van der Waals surface area contributed by atoms with Crippen LogP contribution in [0.1, 0.15) is 58.3 Å². The molecule has 1 aliphatic carbocycles. The molecule has 1 aliphatic rings. The van der Waals surface area contributed by atoms with Crippen LogP contribution in [0.25, 0.3) is 0 Å². The summed E-state index contributed by atoms with van der Waals surface area (Å²) in [5, 5.41) is 5.67. The van der Waals surface area contributed by atoms with Gasteiger partial charge in [-0.25, -0.2) is 4.79 Å². The van der Waals surface area contributed by atoms with E-state index < -0.39 is 36.3 Å². The Hall–Kier alpha value is -3.40. The number of rotatable bonds is 10. The molecule has 34 heavy (non-hydrogen) atoms. The maximum absolute atomic E-state index is 12.6. The van der Waals surface area contributed by atoms with Crippen LogP contribution in [0, 0.1) is 5.92 Å². The Morgan fingerprint density at radius 1 is 1.12 bits per heavy atom. The molecule has 3 amide bonds. The summed E-state index contributed by atoms with van der Waals surface area (Å²) in [7, 11) is 0. The van der Waals surface area contributed by atoms with Gasteiger partial charge in [0.1, 0.15) is 16.8 Å². The molecule has 0 saturated carbocycles. The highest BCUT2D eigenvalue weighted by atomic mass is 32.1. The lowest BCUT2D eigenvalue weighted by Gasteiger charge is -2.21. The summed E-state index contributed by atoms with van der Waals surface area (Å²) in [6.07, 6.45) is 2.54. The Morgan fingerprint density at radius 2 is 1.82 bits per heavy atom. The Kier molecular flexibility index (Phi) is 8.27. The molecule has 10 heteroatoms. The summed E-state index contributed by atoms with van der Waals surface area (Å²) in [5.74, 6) is -1.99. The Bertz CT molecular complexity index is 1080. The Balaban J connectivity index is 1.58. The molecule has 0 saturated heterocycles. The first-order chi connectivity index (χ1) is 16.2. The van der Waals surface area contributed by atoms with E-state index in [1.807, 2.05) is 6.92 Å². The number of thiophene rings is 1. The van der Waals surface area contributed by atoms with E-state index in [2.05, 4.69) is 10.6 Å². The summed E-state index contributed by atoms with van der Waals surface area (Å²) in [6.45, 7) is 5.34. The number of primary amides is 1. The fraction of sp³-hybridized carbons (Fsp3) is 0.417. The smallest absolute Gasteiger partial charge is 0.329 e. The normalized spacial score (nSPS) is 13.2. The highest BCUT2D eigenvalue weighted by Crippen LogP contribution is 2.38. The molecular formula is C24H29N3O6S. The average Bonchev–Trinajstić information content (AvgIpc) is 3.36. The predicted octanol–water partition coefficient (Wildman–Crippen LogP) is 2.67. The van der Waals surface area contributed by atoms with Crippen LogP contribution in [0.2, 0.25) is 0 Å². The molecule has 2 aromatic rings. The average molecular weight is 488 g/mol. The summed E-state index contributed by atoms with van der Waals surface area (Å²) >= 11 is 1.32. The van der Waals surface area contributed by atoms with Gasteiger partial charge in [-0.2, -0.15) is 0 Å². The van der Waals surface area contributed by atoms with Gasteiger partial charge in [0.15, 0.2) is 6.61 Å². The van der Waals surface area contributed by atoms with Crippen molar-refractivity contribution in [2.75, 3.05) is 18.5 Å². The van der Waals surface area contributed by atoms with Gasteiger partial charge in [-0.3, -0.25) is 14.4 Å². The maximum atomic E-state index is 12.6. The molecule has 3 rings (SSSR count). The molecule has 182 valence electrons. The molecule has 9 nitrogen and oxygen atoms in total. The zero-order chi connectivity index (χ0) is 24.8. The number of hydrogen-bond donors (Lipinski definition) is 3.